The minimum Gasteiger partial charge on any atom is -0.350 e. The van der Waals surface area contributed by atoms with E-state index in [-0.39, 0.29) is 30.1 Å². The quantitative estimate of drug-likeness (QED) is 0.215. The lowest BCUT2D eigenvalue weighted by Crippen LogP contribution is -2.49. The molecule has 0 spiro atoms. The Morgan fingerprint density at radius 2 is 1.54 bits per heavy atom. The molecule has 8 heteroatoms. The predicted octanol–water partition coefficient (Wildman–Crippen LogP) is 7.32. The number of likely N-dealkylation sites (tertiary alicyclic amines) is 1. The van der Waals surface area contributed by atoms with Crippen molar-refractivity contribution in [2.45, 2.75) is 37.4 Å². The summed E-state index contributed by atoms with van der Waals surface area (Å²) in [6.45, 7) is 0.202. The van der Waals surface area contributed by atoms with Gasteiger partial charge in [0.1, 0.15) is 6.04 Å². The summed E-state index contributed by atoms with van der Waals surface area (Å²) < 4.78 is 0. The number of nitrogens with zero attached hydrogens (tertiary/aromatic N) is 1. The largest absolute Gasteiger partial charge is 0.350 e. The minimum atomic E-state index is -0.911. The minimum absolute atomic E-state index is 0.0798. The van der Waals surface area contributed by atoms with Gasteiger partial charge >= 0.3 is 0 Å². The third-order valence-electron chi connectivity index (χ3n) is 7.99. The van der Waals surface area contributed by atoms with Crippen LogP contribution in [-0.4, -0.2) is 28.5 Å². The second kappa shape index (κ2) is 11.8. The number of hydrogen-bond acceptors (Lipinski definition) is 4. The molecule has 2 amide bonds. The number of amides is 2. The lowest BCUT2D eigenvalue weighted by molar-refractivity contribution is -0.142. The highest BCUT2D eigenvalue weighted by molar-refractivity contribution is 7.12. The van der Waals surface area contributed by atoms with E-state index in [1.165, 1.54) is 11.3 Å². The molecule has 6 rings (SSSR count). The van der Waals surface area contributed by atoms with E-state index in [0.717, 1.165) is 29.5 Å². The average molecular weight is 604 g/mol. The Balaban J connectivity index is 1.50. The van der Waals surface area contributed by atoms with Gasteiger partial charge in [-0.3, -0.25) is 14.4 Å². The maximum Gasteiger partial charge on any atom is 0.243 e. The fourth-order valence-corrected chi connectivity index (χ4v) is 6.97. The monoisotopic (exact) mass is 602 g/mol. The molecule has 208 valence electrons. The third kappa shape index (κ3) is 5.56. The van der Waals surface area contributed by atoms with Gasteiger partial charge in [0.05, 0.1) is 16.8 Å². The van der Waals surface area contributed by atoms with Crippen LogP contribution in [0.25, 0.3) is 0 Å². The first-order chi connectivity index (χ1) is 19.9. The summed E-state index contributed by atoms with van der Waals surface area (Å²) in [5.41, 5.74) is 2.39. The molecule has 2 aliphatic rings. The van der Waals surface area contributed by atoms with E-state index < -0.39 is 23.9 Å². The second-order valence-electron chi connectivity index (χ2n) is 10.6. The number of hydrogen-bond donors (Lipinski definition) is 1. The first-order valence-corrected chi connectivity index (χ1v) is 15.3. The molecule has 1 saturated carbocycles. The fraction of sp³-hybridized carbons (Fsp3) is 0.242. The van der Waals surface area contributed by atoms with Crippen molar-refractivity contribution >= 4 is 52.1 Å². The Morgan fingerprint density at radius 1 is 0.829 bits per heavy atom. The van der Waals surface area contributed by atoms with Crippen molar-refractivity contribution in [1.29, 1.82) is 0 Å². The van der Waals surface area contributed by atoms with Gasteiger partial charge in [-0.15, -0.1) is 11.3 Å². The van der Waals surface area contributed by atoms with Gasteiger partial charge in [-0.25, -0.2) is 0 Å². The maximum absolute atomic E-state index is 14.4. The molecule has 4 atom stereocenters. The van der Waals surface area contributed by atoms with Gasteiger partial charge in [-0.1, -0.05) is 89.9 Å². The smallest absolute Gasteiger partial charge is 0.243 e. The topological polar surface area (TPSA) is 66.5 Å². The van der Waals surface area contributed by atoms with Gasteiger partial charge in [-0.05, 0) is 59.2 Å². The van der Waals surface area contributed by atoms with Gasteiger partial charge in [0.2, 0.25) is 11.8 Å². The number of nitrogens with one attached hydrogen (secondary N) is 1. The number of Topliss-reactive ketones (excluding diaryl/α,β-unsaturated/α-hetero) is 1. The average Bonchev–Trinajstić information content (AvgIpc) is 3.57. The summed E-state index contributed by atoms with van der Waals surface area (Å²) in [6, 6.07) is 26.3. The third-order valence-corrected chi connectivity index (χ3v) is 9.50. The van der Waals surface area contributed by atoms with Crippen LogP contribution in [0.2, 0.25) is 10.0 Å². The fourth-order valence-electron chi connectivity index (χ4n) is 5.93. The van der Waals surface area contributed by atoms with Crippen molar-refractivity contribution in [2.75, 3.05) is 0 Å². The summed E-state index contributed by atoms with van der Waals surface area (Å²) in [7, 11) is 0. The first-order valence-electron chi connectivity index (χ1n) is 13.7. The summed E-state index contributed by atoms with van der Waals surface area (Å²) in [5, 5.41) is 6.03. The molecule has 2 fully saturated rings. The zero-order chi connectivity index (χ0) is 28.5. The van der Waals surface area contributed by atoms with Crippen molar-refractivity contribution in [1.82, 2.24) is 10.2 Å². The highest BCUT2D eigenvalue weighted by atomic mass is 35.5. The molecule has 1 N–H and O–H groups in total. The van der Waals surface area contributed by atoms with Crippen molar-refractivity contribution in [3.05, 3.63) is 128 Å². The van der Waals surface area contributed by atoms with E-state index in [4.69, 9.17) is 23.2 Å². The van der Waals surface area contributed by atoms with Crippen LogP contribution in [0.1, 0.15) is 51.2 Å². The normalized spacial score (nSPS) is 22.0. The van der Waals surface area contributed by atoms with E-state index in [1.807, 2.05) is 78.2 Å². The van der Waals surface area contributed by atoms with E-state index in [2.05, 4.69) is 5.32 Å². The molecule has 4 unspecified atom stereocenters. The van der Waals surface area contributed by atoms with Crippen LogP contribution in [-0.2, 0) is 16.1 Å². The highest BCUT2D eigenvalue weighted by Crippen LogP contribution is 2.53. The van der Waals surface area contributed by atoms with Gasteiger partial charge in [0.25, 0.3) is 0 Å². The van der Waals surface area contributed by atoms with E-state index >= 15 is 0 Å². The highest BCUT2D eigenvalue weighted by Gasteiger charge is 2.58. The number of halogens is 2. The van der Waals surface area contributed by atoms with Crippen molar-refractivity contribution < 1.29 is 14.4 Å². The molecule has 41 heavy (non-hydrogen) atoms. The van der Waals surface area contributed by atoms with Gasteiger partial charge in [-0.2, -0.15) is 0 Å². The molecular weight excluding hydrogens is 575 g/mol. The summed E-state index contributed by atoms with van der Waals surface area (Å²) in [6.07, 6.45) is 1.56. The van der Waals surface area contributed by atoms with E-state index in [0.29, 0.717) is 14.9 Å². The van der Waals surface area contributed by atoms with Crippen LogP contribution in [0.5, 0.6) is 0 Å². The second-order valence-corrected chi connectivity index (χ2v) is 12.4. The Hall–Kier alpha value is -3.45. The van der Waals surface area contributed by atoms with Crippen LogP contribution >= 0.6 is 34.5 Å². The van der Waals surface area contributed by atoms with Crippen LogP contribution in [0.15, 0.2) is 96.4 Å². The molecule has 3 aromatic carbocycles. The predicted molar refractivity (Wildman–Crippen MR) is 162 cm³/mol. The number of ketones is 1. The number of rotatable bonds is 8. The summed E-state index contributed by atoms with van der Waals surface area (Å²) in [5.74, 6) is -1.92. The zero-order valence-corrected chi connectivity index (χ0v) is 24.4. The Morgan fingerprint density at radius 3 is 2.20 bits per heavy atom. The van der Waals surface area contributed by atoms with Crippen molar-refractivity contribution in [3.63, 3.8) is 0 Å². The lowest BCUT2D eigenvalue weighted by Gasteiger charge is -2.32. The van der Waals surface area contributed by atoms with Crippen LogP contribution in [0.3, 0.4) is 0 Å². The molecule has 0 bridgehead atoms. The summed E-state index contributed by atoms with van der Waals surface area (Å²) in [4.78, 5) is 45.1. The zero-order valence-electron chi connectivity index (χ0n) is 22.1. The lowest BCUT2D eigenvalue weighted by atomic mass is 9.77. The molecule has 1 aliphatic carbocycles. The molecule has 0 radical (unpaired) electrons. The van der Waals surface area contributed by atoms with Crippen LogP contribution < -0.4 is 5.32 Å². The molecule has 1 aromatic heterocycles. The number of carbonyl (C=O) groups excluding carboxylic acids is 3. The molecule has 1 aliphatic heterocycles. The molecule has 2 heterocycles. The van der Waals surface area contributed by atoms with Crippen molar-refractivity contribution in [3.8, 4) is 0 Å². The van der Waals surface area contributed by atoms with Crippen LogP contribution in [0.4, 0.5) is 0 Å². The molecule has 4 aromatic rings. The summed E-state index contributed by atoms with van der Waals surface area (Å²) >= 11 is 14.0. The van der Waals surface area contributed by atoms with E-state index in [9.17, 15) is 14.4 Å². The first kappa shape index (κ1) is 27.7. The SMILES string of the molecule is O=C(c1cccs1)C1C(c2ccc(Cl)cc2)C(C(=O)NCc2ccccc2Cl)N(C(=O)C2CC2)C1c1ccccc1. The molecule has 1 saturated heterocycles. The Kier molecular flexibility index (Phi) is 7.98. The van der Waals surface area contributed by atoms with Crippen molar-refractivity contribution in [2.24, 2.45) is 11.8 Å². The number of carbonyl (C=O) groups is 3. The molecular formula is C33H28Cl2N2O3S. The van der Waals surface area contributed by atoms with Gasteiger partial charge in [0.15, 0.2) is 5.78 Å². The number of benzene rings is 3. The Labute approximate surface area is 253 Å². The number of thiophene rings is 1. The van der Waals surface area contributed by atoms with Gasteiger partial charge in [0, 0.05) is 28.4 Å². The van der Waals surface area contributed by atoms with E-state index in [1.54, 1.807) is 23.1 Å². The van der Waals surface area contributed by atoms with Gasteiger partial charge < -0.3 is 10.2 Å². The maximum atomic E-state index is 14.4. The Bertz CT molecular complexity index is 1560. The standard InChI is InChI=1S/C33H28Cl2N2O3S/c34-24-16-14-20(15-17-24)27-28(31(38)26-11-6-18-41-26)29(21-7-2-1-3-8-21)37(33(40)22-12-13-22)30(27)32(39)36-19-23-9-4-5-10-25(23)35/h1-11,14-18,22,27-30H,12-13,19H2,(H,36,39). The van der Waals surface area contributed by atoms with Crippen LogP contribution in [0, 0.1) is 11.8 Å². The molecule has 5 nitrogen and oxygen atoms in total.